The van der Waals surface area contributed by atoms with Crippen molar-refractivity contribution in [1.82, 2.24) is 0 Å². The standard InChI is InChI=1S/C28H41FN2O7/c1-15-12-19-21(32)11-10-20(24(19)29)31-27(34)16(2)8-7-9-22(36-5)26(38-28(30)35)18(4)14-17(3)25(33)23(13-15)37-6/h8,10-11,14-15,17,22-23,25-26,32-33H,7,9,12-13H2,1-6H3,(H2,30,35)(H,31,34)/b16-8-,18-14-/t15-,17-,22+,23-,25-,26+/m0/s1. The lowest BCUT2D eigenvalue weighted by Gasteiger charge is -2.30. The zero-order valence-electron chi connectivity index (χ0n) is 23.0. The Bertz CT molecular complexity index is 1040. The first kappa shape index (κ1) is 31.3. The molecule has 6 atom stereocenters. The highest BCUT2D eigenvalue weighted by Crippen LogP contribution is 2.31. The zero-order valence-corrected chi connectivity index (χ0v) is 23.0. The van der Waals surface area contributed by atoms with Gasteiger partial charge in [0.05, 0.1) is 24.0 Å². The maximum Gasteiger partial charge on any atom is 0.405 e. The number of ether oxygens (including phenoxy) is 3. The second kappa shape index (κ2) is 14.3. The van der Waals surface area contributed by atoms with E-state index < -0.39 is 48.2 Å². The third-order valence-corrected chi connectivity index (χ3v) is 6.99. The molecule has 1 aliphatic rings. The van der Waals surface area contributed by atoms with Gasteiger partial charge in [-0.3, -0.25) is 4.79 Å². The van der Waals surface area contributed by atoms with Crippen molar-refractivity contribution in [2.75, 3.05) is 19.5 Å². The normalized spacial score (nSPS) is 30.9. The zero-order chi connectivity index (χ0) is 28.6. The molecule has 5 N–H and O–H groups in total. The molecule has 212 valence electrons. The van der Waals surface area contributed by atoms with Gasteiger partial charge in [0.15, 0.2) is 11.9 Å². The van der Waals surface area contributed by atoms with Crippen LogP contribution in [0.5, 0.6) is 5.75 Å². The minimum atomic E-state index is -0.960. The number of aliphatic hydroxyl groups excluding tert-OH is 1. The summed E-state index contributed by atoms with van der Waals surface area (Å²) in [5, 5.41) is 24.0. The largest absolute Gasteiger partial charge is 0.508 e. The summed E-state index contributed by atoms with van der Waals surface area (Å²) in [5.41, 5.74) is 6.38. The van der Waals surface area contributed by atoms with E-state index >= 15 is 4.39 Å². The summed E-state index contributed by atoms with van der Waals surface area (Å²) in [7, 11) is 2.97. The predicted octanol–water partition coefficient (Wildman–Crippen LogP) is 4.22. The number of aromatic hydroxyl groups is 1. The van der Waals surface area contributed by atoms with Crippen LogP contribution in [-0.2, 0) is 25.4 Å². The number of fused-ring (bicyclic) bond motifs is 2. The van der Waals surface area contributed by atoms with Crippen molar-refractivity contribution in [2.24, 2.45) is 17.6 Å². The Morgan fingerprint density at radius 1 is 1.16 bits per heavy atom. The number of aliphatic hydroxyl groups is 1. The smallest absolute Gasteiger partial charge is 0.405 e. The summed E-state index contributed by atoms with van der Waals surface area (Å²) in [5.74, 6) is -1.99. The Labute approximate surface area is 223 Å². The molecule has 0 spiro atoms. The fourth-order valence-corrected chi connectivity index (χ4v) is 4.81. The van der Waals surface area contributed by atoms with Crippen LogP contribution >= 0.6 is 0 Å². The van der Waals surface area contributed by atoms with E-state index in [1.807, 2.05) is 13.8 Å². The molecular formula is C28H41FN2O7. The Kier molecular flexibility index (Phi) is 11.7. The van der Waals surface area contributed by atoms with E-state index in [9.17, 15) is 19.8 Å². The van der Waals surface area contributed by atoms with E-state index in [0.29, 0.717) is 30.4 Å². The second-order valence-electron chi connectivity index (χ2n) is 10.1. The Balaban J connectivity index is 2.52. The molecule has 2 amide bonds. The molecule has 2 rings (SSSR count). The van der Waals surface area contributed by atoms with E-state index in [0.717, 1.165) is 0 Å². The fourth-order valence-electron chi connectivity index (χ4n) is 4.81. The highest BCUT2D eigenvalue weighted by atomic mass is 19.1. The lowest BCUT2D eigenvalue weighted by Crippen LogP contribution is -2.37. The molecule has 0 fully saturated rings. The maximum atomic E-state index is 15.3. The van der Waals surface area contributed by atoms with Crippen LogP contribution in [0.2, 0.25) is 0 Å². The Hall–Kier alpha value is -2.95. The van der Waals surface area contributed by atoms with Crippen molar-refractivity contribution in [3.05, 3.63) is 46.8 Å². The van der Waals surface area contributed by atoms with Crippen molar-refractivity contribution in [1.29, 1.82) is 0 Å². The molecule has 9 nitrogen and oxygen atoms in total. The van der Waals surface area contributed by atoms with Gasteiger partial charge in [0.1, 0.15) is 5.75 Å². The molecule has 1 aliphatic heterocycles. The number of hydrogen-bond donors (Lipinski definition) is 4. The van der Waals surface area contributed by atoms with Gasteiger partial charge in [0.25, 0.3) is 5.91 Å². The van der Waals surface area contributed by atoms with Crippen LogP contribution in [0.4, 0.5) is 14.9 Å². The molecular weight excluding hydrogens is 495 g/mol. The van der Waals surface area contributed by atoms with E-state index in [1.54, 1.807) is 26.0 Å². The number of carbonyl (C=O) groups excluding carboxylic acids is 2. The molecule has 1 aromatic rings. The average Bonchev–Trinajstić information content (AvgIpc) is 2.86. The van der Waals surface area contributed by atoms with E-state index in [1.165, 1.54) is 26.4 Å². The molecule has 1 heterocycles. The molecule has 0 aliphatic carbocycles. The molecule has 0 radical (unpaired) electrons. The van der Waals surface area contributed by atoms with Crippen LogP contribution in [-0.4, -0.2) is 60.8 Å². The van der Waals surface area contributed by atoms with Gasteiger partial charge in [0.2, 0.25) is 0 Å². The summed E-state index contributed by atoms with van der Waals surface area (Å²) in [6, 6.07) is 2.67. The van der Waals surface area contributed by atoms with Gasteiger partial charge in [-0.15, -0.1) is 0 Å². The molecule has 0 saturated carbocycles. The van der Waals surface area contributed by atoms with Gasteiger partial charge in [0, 0.05) is 31.3 Å². The molecule has 0 saturated heterocycles. The topological polar surface area (TPSA) is 140 Å². The Morgan fingerprint density at radius 3 is 2.42 bits per heavy atom. The number of allylic oxidation sites excluding steroid dienone is 1. The summed E-state index contributed by atoms with van der Waals surface area (Å²) in [4.78, 5) is 24.4. The number of nitrogens with one attached hydrogen (secondary N) is 1. The number of amides is 2. The average molecular weight is 537 g/mol. The summed E-state index contributed by atoms with van der Waals surface area (Å²) >= 11 is 0. The number of phenols is 1. The van der Waals surface area contributed by atoms with Crippen molar-refractivity contribution in [3.8, 4) is 5.75 Å². The maximum absolute atomic E-state index is 15.3. The first-order valence-corrected chi connectivity index (χ1v) is 12.8. The minimum absolute atomic E-state index is 0.0397. The van der Waals surface area contributed by atoms with E-state index in [2.05, 4.69) is 5.32 Å². The van der Waals surface area contributed by atoms with Crippen molar-refractivity contribution >= 4 is 17.7 Å². The molecule has 0 unspecified atom stereocenters. The van der Waals surface area contributed by atoms with Crippen molar-refractivity contribution < 1.29 is 38.4 Å². The van der Waals surface area contributed by atoms with Crippen LogP contribution < -0.4 is 11.1 Å². The molecule has 2 bridgehead atoms. The highest BCUT2D eigenvalue weighted by Gasteiger charge is 2.30. The summed E-state index contributed by atoms with van der Waals surface area (Å²) < 4.78 is 31.9. The lowest BCUT2D eigenvalue weighted by atomic mass is 9.88. The first-order chi connectivity index (χ1) is 17.9. The van der Waals surface area contributed by atoms with E-state index in [4.69, 9.17) is 19.9 Å². The number of rotatable bonds is 3. The predicted molar refractivity (Wildman–Crippen MR) is 142 cm³/mol. The third kappa shape index (κ3) is 8.28. The molecule has 1 aromatic carbocycles. The SMILES string of the molecule is CO[C@H]1C[C@@H](C)Cc2c(O)ccc(c2F)NC(=O)/C(C)=C\CC[C@@H](OC)[C@H](OC(N)=O)/C(C)=C\[C@H](C)[C@@H]1O. The van der Waals surface area contributed by atoms with Crippen LogP contribution in [0, 0.1) is 17.7 Å². The Morgan fingerprint density at radius 2 is 1.82 bits per heavy atom. The van der Waals surface area contributed by atoms with Crippen LogP contribution in [0.3, 0.4) is 0 Å². The summed E-state index contributed by atoms with van der Waals surface area (Å²) in [6.45, 7) is 7.05. The number of phenolic OH excluding ortho intramolecular Hbond substituents is 1. The van der Waals surface area contributed by atoms with Gasteiger partial charge >= 0.3 is 6.09 Å². The monoisotopic (exact) mass is 536 g/mol. The quantitative estimate of drug-likeness (QED) is 0.335. The number of anilines is 1. The number of benzene rings is 1. The fraction of sp³-hybridized carbons (Fsp3) is 0.571. The number of carbonyl (C=O) groups is 2. The third-order valence-electron chi connectivity index (χ3n) is 6.99. The lowest BCUT2D eigenvalue weighted by molar-refractivity contribution is -0.112. The molecule has 38 heavy (non-hydrogen) atoms. The number of halogens is 1. The molecule has 0 aromatic heterocycles. The van der Waals surface area contributed by atoms with Gasteiger partial charge in [-0.05, 0) is 63.2 Å². The van der Waals surface area contributed by atoms with Crippen LogP contribution in [0.15, 0.2) is 35.4 Å². The first-order valence-electron chi connectivity index (χ1n) is 12.8. The molecule has 10 heteroatoms. The van der Waals surface area contributed by atoms with Crippen molar-refractivity contribution in [2.45, 2.75) is 77.8 Å². The van der Waals surface area contributed by atoms with Gasteiger partial charge < -0.3 is 35.5 Å². The van der Waals surface area contributed by atoms with Crippen LogP contribution in [0.1, 0.15) is 52.5 Å². The number of primary amides is 1. The number of nitrogens with two attached hydrogens (primary N) is 1. The number of methoxy groups -OCH3 is 2. The number of hydrogen-bond acceptors (Lipinski definition) is 7. The van der Waals surface area contributed by atoms with Gasteiger partial charge in [-0.2, -0.15) is 0 Å². The van der Waals surface area contributed by atoms with Gasteiger partial charge in [-0.1, -0.05) is 26.0 Å². The summed E-state index contributed by atoms with van der Waals surface area (Å²) in [6.07, 6.45) is 0.923. The van der Waals surface area contributed by atoms with Gasteiger partial charge in [-0.25, -0.2) is 9.18 Å². The van der Waals surface area contributed by atoms with Crippen molar-refractivity contribution in [3.63, 3.8) is 0 Å². The minimum Gasteiger partial charge on any atom is -0.508 e. The second-order valence-corrected chi connectivity index (χ2v) is 10.1. The highest BCUT2D eigenvalue weighted by molar-refractivity contribution is 6.03. The van der Waals surface area contributed by atoms with E-state index in [-0.39, 0.29) is 29.3 Å². The van der Waals surface area contributed by atoms with Crippen LogP contribution in [0.25, 0.3) is 0 Å².